The molecule has 0 atom stereocenters. The summed E-state index contributed by atoms with van der Waals surface area (Å²) in [6.07, 6.45) is 1.23. The van der Waals surface area contributed by atoms with E-state index in [4.69, 9.17) is 5.73 Å². The molecular weight excluding hydrogens is 241 g/mol. The molecule has 2 rings (SSSR count). The lowest BCUT2D eigenvalue weighted by atomic mass is 10.2. The van der Waals surface area contributed by atoms with Crippen LogP contribution in [0.25, 0.3) is 0 Å². The number of halogens is 1. The van der Waals surface area contributed by atoms with Gasteiger partial charge in [-0.1, -0.05) is 17.7 Å². The Morgan fingerprint density at radius 3 is 2.53 bits per heavy atom. The predicted octanol–water partition coefficient (Wildman–Crippen LogP) is 3.15. The lowest BCUT2D eigenvalue weighted by Crippen LogP contribution is -2.20. The Kier molecular flexibility index (Phi) is 4.12. The number of hydrogen-bond donors (Lipinski definition) is 1. The minimum Gasteiger partial charge on any atom is -0.326 e. The van der Waals surface area contributed by atoms with E-state index >= 15 is 0 Å². The average Bonchev–Trinajstić information content (AvgIpc) is 2.43. The first-order chi connectivity index (χ1) is 9.15. The minimum atomic E-state index is -0.357. The van der Waals surface area contributed by atoms with Crippen LogP contribution in [0.5, 0.6) is 0 Å². The number of aryl methyl sites for hydroxylation is 1. The van der Waals surface area contributed by atoms with Gasteiger partial charge in [0.25, 0.3) is 0 Å². The summed E-state index contributed by atoms with van der Waals surface area (Å²) in [6, 6.07) is 9.60. The van der Waals surface area contributed by atoms with E-state index in [1.165, 1.54) is 17.8 Å². The van der Waals surface area contributed by atoms with Crippen LogP contribution >= 0.6 is 0 Å². The predicted molar refractivity (Wildman–Crippen MR) is 75.9 cm³/mol. The van der Waals surface area contributed by atoms with Gasteiger partial charge in [-0.25, -0.2) is 9.37 Å². The average molecular weight is 259 g/mol. The highest BCUT2D eigenvalue weighted by molar-refractivity contribution is 5.63. The number of pyridine rings is 1. The van der Waals surface area contributed by atoms with Gasteiger partial charge in [0, 0.05) is 24.3 Å². The Labute approximate surface area is 112 Å². The summed E-state index contributed by atoms with van der Waals surface area (Å²) < 4.78 is 13.2. The lowest BCUT2D eigenvalue weighted by molar-refractivity contribution is 0.618. The highest BCUT2D eigenvalue weighted by atomic mass is 19.1. The fourth-order valence-electron chi connectivity index (χ4n) is 2.05. The first-order valence-electron chi connectivity index (χ1n) is 6.34. The normalized spacial score (nSPS) is 10.5. The Morgan fingerprint density at radius 1 is 1.26 bits per heavy atom. The summed E-state index contributed by atoms with van der Waals surface area (Å²) in [7, 11) is 0. The van der Waals surface area contributed by atoms with E-state index in [1.807, 2.05) is 43.0 Å². The second kappa shape index (κ2) is 5.80. The van der Waals surface area contributed by atoms with Crippen molar-refractivity contribution in [1.82, 2.24) is 4.98 Å². The number of anilines is 2. The third-order valence-electron chi connectivity index (χ3n) is 3.05. The van der Waals surface area contributed by atoms with E-state index in [-0.39, 0.29) is 12.4 Å². The highest BCUT2D eigenvalue weighted by Gasteiger charge is 2.13. The van der Waals surface area contributed by atoms with E-state index < -0.39 is 0 Å². The van der Waals surface area contributed by atoms with Gasteiger partial charge in [0.05, 0.1) is 6.20 Å². The van der Waals surface area contributed by atoms with Crippen molar-refractivity contribution in [2.24, 2.45) is 5.73 Å². The monoisotopic (exact) mass is 259 g/mol. The summed E-state index contributed by atoms with van der Waals surface area (Å²) >= 11 is 0. The van der Waals surface area contributed by atoms with Crippen molar-refractivity contribution in [1.29, 1.82) is 0 Å². The van der Waals surface area contributed by atoms with Gasteiger partial charge in [-0.3, -0.25) is 0 Å². The number of aromatic nitrogens is 1. The fourth-order valence-corrected chi connectivity index (χ4v) is 2.05. The van der Waals surface area contributed by atoms with Crippen LogP contribution in [0.15, 0.2) is 36.5 Å². The number of hydrogen-bond acceptors (Lipinski definition) is 3. The van der Waals surface area contributed by atoms with Crippen LogP contribution in [0.1, 0.15) is 18.1 Å². The molecule has 0 saturated heterocycles. The summed E-state index contributed by atoms with van der Waals surface area (Å²) in [5, 5.41) is 0. The molecule has 0 radical (unpaired) electrons. The number of nitrogens with zero attached hydrogens (tertiary/aromatic N) is 2. The van der Waals surface area contributed by atoms with Gasteiger partial charge in [-0.2, -0.15) is 0 Å². The van der Waals surface area contributed by atoms with Crippen LogP contribution in [-0.4, -0.2) is 11.5 Å². The smallest absolute Gasteiger partial charge is 0.141 e. The molecule has 4 heteroatoms. The standard InChI is InChI=1S/C15H18FN3/c1-3-19(14-6-4-11(2)5-7-14)15-12(9-17)8-13(16)10-18-15/h4-8,10H,3,9,17H2,1-2H3. The van der Waals surface area contributed by atoms with E-state index in [0.29, 0.717) is 5.56 Å². The molecule has 2 aromatic rings. The molecular formula is C15H18FN3. The van der Waals surface area contributed by atoms with E-state index in [9.17, 15) is 4.39 Å². The van der Waals surface area contributed by atoms with Crippen molar-refractivity contribution in [3.05, 3.63) is 53.5 Å². The number of nitrogens with two attached hydrogens (primary N) is 1. The molecule has 1 aromatic heterocycles. The van der Waals surface area contributed by atoms with Crippen LogP contribution in [-0.2, 0) is 6.54 Å². The van der Waals surface area contributed by atoms with Crippen molar-refractivity contribution in [2.45, 2.75) is 20.4 Å². The zero-order chi connectivity index (χ0) is 13.8. The van der Waals surface area contributed by atoms with Gasteiger partial charge in [0.1, 0.15) is 11.6 Å². The Morgan fingerprint density at radius 2 is 1.95 bits per heavy atom. The Bertz CT molecular complexity index is 552. The molecule has 2 N–H and O–H groups in total. The summed E-state index contributed by atoms with van der Waals surface area (Å²) in [5.74, 6) is 0.361. The van der Waals surface area contributed by atoms with Crippen molar-refractivity contribution in [3.8, 4) is 0 Å². The van der Waals surface area contributed by atoms with Gasteiger partial charge in [-0.05, 0) is 32.0 Å². The van der Waals surface area contributed by atoms with E-state index in [2.05, 4.69) is 4.98 Å². The zero-order valence-electron chi connectivity index (χ0n) is 11.2. The van der Waals surface area contributed by atoms with Crippen molar-refractivity contribution >= 4 is 11.5 Å². The second-order valence-corrected chi connectivity index (χ2v) is 4.42. The third-order valence-corrected chi connectivity index (χ3v) is 3.05. The van der Waals surface area contributed by atoms with Gasteiger partial charge in [-0.15, -0.1) is 0 Å². The third kappa shape index (κ3) is 2.90. The maximum atomic E-state index is 13.2. The molecule has 0 aliphatic carbocycles. The van der Waals surface area contributed by atoms with Crippen LogP contribution in [0.3, 0.4) is 0 Å². The summed E-state index contributed by atoms with van der Waals surface area (Å²) in [4.78, 5) is 6.22. The topological polar surface area (TPSA) is 42.2 Å². The van der Waals surface area contributed by atoms with Crippen molar-refractivity contribution < 1.29 is 4.39 Å². The molecule has 3 nitrogen and oxygen atoms in total. The molecule has 1 aromatic carbocycles. The van der Waals surface area contributed by atoms with Crippen molar-refractivity contribution in [3.63, 3.8) is 0 Å². The van der Waals surface area contributed by atoms with E-state index in [0.717, 1.165) is 18.1 Å². The quantitative estimate of drug-likeness (QED) is 0.917. The van der Waals surface area contributed by atoms with Crippen LogP contribution in [0.2, 0.25) is 0 Å². The molecule has 1 heterocycles. The molecule has 0 amide bonds. The first-order valence-corrected chi connectivity index (χ1v) is 6.34. The largest absolute Gasteiger partial charge is 0.326 e. The molecule has 0 spiro atoms. The lowest BCUT2D eigenvalue weighted by Gasteiger charge is -2.24. The maximum Gasteiger partial charge on any atom is 0.141 e. The molecule has 0 aliphatic heterocycles. The van der Waals surface area contributed by atoms with Gasteiger partial charge in [0.15, 0.2) is 0 Å². The van der Waals surface area contributed by atoms with Gasteiger partial charge in [0.2, 0.25) is 0 Å². The molecule has 0 unspecified atom stereocenters. The minimum absolute atomic E-state index is 0.266. The first kappa shape index (κ1) is 13.5. The Hall–Kier alpha value is -1.94. The Balaban J connectivity index is 2.44. The second-order valence-electron chi connectivity index (χ2n) is 4.42. The maximum absolute atomic E-state index is 13.2. The molecule has 0 fully saturated rings. The highest BCUT2D eigenvalue weighted by Crippen LogP contribution is 2.26. The van der Waals surface area contributed by atoms with Crippen LogP contribution in [0.4, 0.5) is 15.9 Å². The zero-order valence-corrected chi connectivity index (χ0v) is 11.2. The molecule has 100 valence electrons. The number of benzene rings is 1. The molecule has 0 bridgehead atoms. The van der Waals surface area contributed by atoms with Crippen LogP contribution < -0.4 is 10.6 Å². The summed E-state index contributed by atoms with van der Waals surface area (Å²) in [5.41, 5.74) is 8.62. The number of rotatable bonds is 4. The SMILES string of the molecule is CCN(c1ccc(C)cc1)c1ncc(F)cc1CN. The molecule has 0 saturated carbocycles. The molecule has 0 aliphatic rings. The van der Waals surface area contributed by atoms with Crippen LogP contribution in [0, 0.1) is 12.7 Å². The van der Waals surface area contributed by atoms with Gasteiger partial charge >= 0.3 is 0 Å². The fraction of sp³-hybridized carbons (Fsp3) is 0.267. The van der Waals surface area contributed by atoms with E-state index in [1.54, 1.807) is 0 Å². The molecule has 19 heavy (non-hydrogen) atoms. The van der Waals surface area contributed by atoms with Gasteiger partial charge < -0.3 is 10.6 Å². The summed E-state index contributed by atoms with van der Waals surface area (Å²) in [6.45, 7) is 5.09. The van der Waals surface area contributed by atoms with Crippen molar-refractivity contribution in [2.75, 3.05) is 11.4 Å².